The minimum absolute atomic E-state index is 0.111. The van der Waals surface area contributed by atoms with Crippen molar-refractivity contribution in [1.82, 2.24) is 10.3 Å². The molecule has 0 spiro atoms. The van der Waals surface area contributed by atoms with Gasteiger partial charge < -0.3 is 33.9 Å². The predicted octanol–water partition coefficient (Wildman–Crippen LogP) is 3.54. The molecule has 9 nitrogen and oxygen atoms in total. The normalized spacial score (nSPS) is 23.8. The Kier molecular flexibility index (Phi) is 6.76. The monoisotopic (exact) mass is 512 g/mol. The summed E-state index contributed by atoms with van der Waals surface area (Å²) in [6.45, 7) is 15.1. The van der Waals surface area contributed by atoms with Crippen molar-refractivity contribution in [3.63, 3.8) is 0 Å². The largest absolute Gasteiger partial charge is 0.495 e. The smallest absolute Gasteiger partial charge is 0.481 e. The van der Waals surface area contributed by atoms with Gasteiger partial charge >= 0.3 is 13.2 Å². The summed E-state index contributed by atoms with van der Waals surface area (Å²) in [4.78, 5) is 17.2. The van der Waals surface area contributed by atoms with Crippen molar-refractivity contribution in [2.24, 2.45) is 0 Å². The number of hydrogen-bond acceptors (Lipinski definition) is 8. The maximum absolute atomic E-state index is 12.6. The van der Waals surface area contributed by atoms with Crippen LogP contribution in [0.3, 0.4) is 0 Å². The number of nitrogens with zero attached hydrogens (tertiary/aromatic N) is 1. The number of aryl methyl sites for hydroxylation is 1. The number of methoxy groups -OCH3 is 1. The molecule has 200 valence electrons. The maximum atomic E-state index is 12.6. The quantitative estimate of drug-likeness (QED) is 0.586. The first kappa shape index (κ1) is 27.2. The van der Waals surface area contributed by atoms with E-state index in [0.29, 0.717) is 28.3 Å². The van der Waals surface area contributed by atoms with Gasteiger partial charge in [0.1, 0.15) is 17.5 Å². The average Bonchev–Trinajstić information content (AvgIpc) is 3.20. The van der Waals surface area contributed by atoms with Crippen molar-refractivity contribution in [3.8, 4) is 11.6 Å². The van der Waals surface area contributed by atoms with E-state index in [0.717, 1.165) is 5.56 Å². The molecular formula is C27H37BN2O7. The number of carbonyl (C=O) groups excluding carboxylic acids is 1. The number of rotatable bonds is 5. The lowest BCUT2D eigenvalue weighted by molar-refractivity contribution is -0.0367. The molecule has 2 atom stereocenters. The maximum Gasteiger partial charge on any atom is 0.495 e. The van der Waals surface area contributed by atoms with Crippen LogP contribution in [0.5, 0.6) is 11.6 Å². The molecule has 0 aliphatic carbocycles. The molecule has 4 rings (SSSR count). The summed E-state index contributed by atoms with van der Waals surface area (Å²) in [7, 11) is 0.795. The van der Waals surface area contributed by atoms with Crippen LogP contribution in [0, 0.1) is 6.92 Å². The van der Waals surface area contributed by atoms with Crippen LogP contribution in [0.15, 0.2) is 30.3 Å². The first-order valence-electron chi connectivity index (χ1n) is 12.4. The molecule has 2 aliphatic heterocycles. The van der Waals surface area contributed by atoms with Crippen molar-refractivity contribution in [1.29, 1.82) is 0 Å². The lowest BCUT2D eigenvalue weighted by atomic mass is 9.70. The van der Waals surface area contributed by atoms with E-state index < -0.39 is 41.7 Å². The molecule has 1 fully saturated rings. The summed E-state index contributed by atoms with van der Waals surface area (Å²) >= 11 is 0. The van der Waals surface area contributed by atoms with Crippen LogP contribution in [-0.4, -0.2) is 53.8 Å². The van der Waals surface area contributed by atoms with Gasteiger partial charge in [-0.2, -0.15) is 0 Å². The fourth-order valence-corrected chi connectivity index (χ4v) is 4.55. The van der Waals surface area contributed by atoms with E-state index in [1.807, 2.05) is 40.7 Å². The van der Waals surface area contributed by atoms with Gasteiger partial charge in [-0.05, 0) is 73.0 Å². The van der Waals surface area contributed by atoms with E-state index >= 15 is 0 Å². The average molecular weight is 512 g/mol. The fraction of sp³-hybridized carbons (Fsp3) is 0.556. The minimum atomic E-state index is -1.46. The van der Waals surface area contributed by atoms with Gasteiger partial charge in [0.15, 0.2) is 5.60 Å². The molecule has 0 bridgehead atoms. The molecule has 1 aromatic carbocycles. The number of ether oxygens (including phenoxy) is 3. The molecule has 1 amide bonds. The number of benzene rings is 1. The molecule has 0 saturated carbocycles. The molecule has 1 saturated heterocycles. The number of aromatic nitrogens is 1. The lowest BCUT2D eigenvalue weighted by Gasteiger charge is -2.32. The fourth-order valence-electron chi connectivity index (χ4n) is 4.55. The number of fused-ring (bicyclic) bond motifs is 1. The van der Waals surface area contributed by atoms with Crippen LogP contribution < -0.4 is 20.3 Å². The summed E-state index contributed by atoms with van der Waals surface area (Å²) in [5, 5.41) is 14.7. The SMILES string of the molecule is COc1cccc([C@@]2(CNC(=O)OC(C)(C)C)Oc3ccc(C)c(B4OC(C)(C)C(C)(C)O4)c3[C@@H]2O)n1. The highest BCUT2D eigenvalue weighted by atomic mass is 16.7. The number of pyridine rings is 1. The van der Waals surface area contributed by atoms with Crippen LogP contribution in [0.2, 0.25) is 0 Å². The number of hydrogen-bond donors (Lipinski definition) is 2. The summed E-state index contributed by atoms with van der Waals surface area (Å²) in [6.07, 6.45) is -1.85. The standard InChI is InChI=1S/C27H37BN2O7/c1-16-13-14-17-20(21(16)28-36-25(5,6)26(7,8)37-28)22(31)27(34-17,15-29-23(32)35-24(2,3)4)18-11-10-12-19(30-18)33-9/h10-14,22,31H,15H2,1-9H3,(H,29,32)/t22-,27+/m0/s1. The van der Waals surface area contributed by atoms with Crippen molar-refractivity contribution >= 4 is 18.7 Å². The van der Waals surface area contributed by atoms with Gasteiger partial charge in [0.05, 0.1) is 30.6 Å². The second kappa shape index (κ2) is 9.18. The molecule has 0 unspecified atom stereocenters. The van der Waals surface area contributed by atoms with E-state index in [-0.39, 0.29) is 6.54 Å². The zero-order valence-corrected chi connectivity index (χ0v) is 23.1. The third-order valence-corrected chi connectivity index (χ3v) is 7.22. The van der Waals surface area contributed by atoms with Gasteiger partial charge in [0, 0.05) is 11.6 Å². The first-order valence-corrected chi connectivity index (χ1v) is 12.4. The zero-order chi connectivity index (χ0) is 27.4. The predicted molar refractivity (Wildman–Crippen MR) is 139 cm³/mol. The summed E-state index contributed by atoms with van der Waals surface area (Å²) in [6, 6.07) is 8.90. The van der Waals surface area contributed by atoms with E-state index in [4.69, 9.17) is 23.5 Å². The summed E-state index contributed by atoms with van der Waals surface area (Å²) in [5.74, 6) is 0.807. The molecule has 10 heteroatoms. The zero-order valence-electron chi connectivity index (χ0n) is 23.1. The van der Waals surface area contributed by atoms with Crippen LogP contribution in [0.25, 0.3) is 0 Å². The highest BCUT2D eigenvalue weighted by Gasteiger charge is 2.57. The number of aliphatic hydroxyl groups is 1. The van der Waals surface area contributed by atoms with E-state index in [1.165, 1.54) is 7.11 Å². The van der Waals surface area contributed by atoms with E-state index in [9.17, 15) is 9.90 Å². The van der Waals surface area contributed by atoms with E-state index in [1.54, 1.807) is 45.0 Å². The number of nitrogens with one attached hydrogen (secondary N) is 1. The number of aliphatic hydroxyl groups excluding tert-OH is 1. The lowest BCUT2D eigenvalue weighted by Crippen LogP contribution is -2.49. The van der Waals surface area contributed by atoms with Gasteiger partial charge in [0.2, 0.25) is 5.88 Å². The Bertz CT molecular complexity index is 1180. The van der Waals surface area contributed by atoms with E-state index in [2.05, 4.69) is 10.3 Å². The Morgan fingerprint density at radius 2 is 1.78 bits per heavy atom. The molecule has 2 N–H and O–H groups in total. The van der Waals surface area contributed by atoms with Crippen LogP contribution in [0.4, 0.5) is 4.79 Å². The molecule has 1 aromatic heterocycles. The Labute approximate surface area is 219 Å². The van der Waals surface area contributed by atoms with Crippen LogP contribution >= 0.6 is 0 Å². The Hall–Kier alpha value is -2.82. The second-order valence-electron chi connectivity index (χ2n) is 11.6. The molecule has 37 heavy (non-hydrogen) atoms. The number of amides is 1. The molecule has 2 aliphatic rings. The molecule has 0 radical (unpaired) electrons. The first-order chi connectivity index (χ1) is 17.1. The second-order valence-corrected chi connectivity index (χ2v) is 11.6. The van der Waals surface area contributed by atoms with Crippen molar-refractivity contribution < 1.29 is 33.4 Å². The summed E-state index contributed by atoms with van der Waals surface area (Å²) < 4.78 is 30.0. The van der Waals surface area contributed by atoms with Crippen molar-refractivity contribution in [2.45, 2.75) is 83.9 Å². The van der Waals surface area contributed by atoms with Gasteiger partial charge in [-0.15, -0.1) is 0 Å². The Balaban J connectivity index is 1.79. The minimum Gasteiger partial charge on any atom is -0.481 e. The highest BCUT2D eigenvalue weighted by Crippen LogP contribution is 2.49. The molecular weight excluding hydrogens is 475 g/mol. The third kappa shape index (κ3) is 4.90. The Morgan fingerprint density at radius 3 is 2.38 bits per heavy atom. The molecule has 2 aromatic rings. The van der Waals surface area contributed by atoms with Crippen LogP contribution in [-0.2, 0) is 19.6 Å². The van der Waals surface area contributed by atoms with Gasteiger partial charge in [-0.3, -0.25) is 0 Å². The van der Waals surface area contributed by atoms with Gasteiger partial charge in [0.25, 0.3) is 0 Å². The molecule has 3 heterocycles. The van der Waals surface area contributed by atoms with Crippen LogP contribution in [0.1, 0.15) is 71.4 Å². The topological polar surface area (TPSA) is 108 Å². The van der Waals surface area contributed by atoms with Crippen molar-refractivity contribution in [2.75, 3.05) is 13.7 Å². The number of alkyl carbamates (subject to hydrolysis) is 1. The van der Waals surface area contributed by atoms with Crippen molar-refractivity contribution in [3.05, 3.63) is 47.2 Å². The van der Waals surface area contributed by atoms with Gasteiger partial charge in [-0.1, -0.05) is 17.7 Å². The highest BCUT2D eigenvalue weighted by molar-refractivity contribution is 6.63. The third-order valence-electron chi connectivity index (χ3n) is 7.22. The Morgan fingerprint density at radius 1 is 1.14 bits per heavy atom. The number of carbonyl (C=O) groups is 1. The van der Waals surface area contributed by atoms with Gasteiger partial charge in [-0.25, -0.2) is 9.78 Å². The summed E-state index contributed by atoms with van der Waals surface area (Å²) in [5.41, 5.74) is -0.773.